The first kappa shape index (κ1) is 18.4. The number of para-hydroxylation sites is 1. The number of unbranched alkanes of at least 4 members (excludes halogenated alkanes) is 2. The van der Waals surface area contributed by atoms with Crippen molar-refractivity contribution in [3.8, 4) is 5.75 Å². The third kappa shape index (κ3) is 6.28. The molecule has 0 spiro atoms. The third-order valence-corrected chi connectivity index (χ3v) is 4.93. The van der Waals surface area contributed by atoms with E-state index >= 15 is 0 Å². The Hall–Kier alpha value is -1.94. The number of ether oxygens (including phenoxy) is 1. The molecule has 128 valence electrons. The summed E-state index contributed by atoms with van der Waals surface area (Å²) in [5, 5.41) is 0. The first-order chi connectivity index (χ1) is 11.7. The van der Waals surface area contributed by atoms with Crippen LogP contribution in [-0.2, 0) is 11.2 Å². The minimum Gasteiger partial charge on any atom is -0.497 e. The maximum absolute atomic E-state index is 12.0. The molecule has 0 bridgehead atoms. The Balaban J connectivity index is 1.59. The molecule has 2 aromatic carbocycles. The number of nitrogen functional groups attached to an aromatic ring is 1. The number of hydrogen-bond acceptors (Lipinski definition) is 4. The molecule has 3 nitrogen and oxygen atoms in total. The number of hydrogen-bond donors (Lipinski definition) is 1. The zero-order valence-corrected chi connectivity index (χ0v) is 15.0. The summed E-state index contributed by atoms with van der Waals surface area (Å²) in [5.41, 5.74) is 7.52. The van der Waals surface area contributed by atoms with Crippen molar-refractivity contribution in [3.63, 3.8) is 0 Å². The van der Waals surface area contributed by atoms with E-state index in [1.54, 1.807) is 7.11 Å². The van der Waals surface area contributed by atoms with Crippen molar-refractivity contribution in [1.29, 1.82) is 0 Å². The van der Waals surface area contributed by atoms with Gasteiger partial charge in [0.25, 0.3) is 0 Å². The summed E-state index contributed by atoms with van der Waals surface area (Å²) in [6, 6.07) is 15.7. The van der Waals surface area contributed by atoms with Crippen molar-refractivity contribution >= 4 is 23.2 Å². The van der Waals surface area contributed by atoms with E-state index in [9.17, 15) is 4.79 Å². The van der Waals surface area contributed by atoms with Gasteiger partial charge >= 0.3 is 0 Å². The number of rotatable bonds is 10. The number of benzene rings is 2. The lowest BCUT2D eigenvalue weighted by Crippen LogP contribution is -2.05. The van der Waals surface area contributed by atoms with E-state index in [0.29, 0.717) is 18.5 Å². The topological polar surface area (TPSA) is 52.3 Å². The van der Waals surface area contributed by atoms with Crippen LogP contribution in [0.3, 0.4) is 0 Å². The van der Waals surface area contributed by atoms with E-state index in [0.717, 1.165) is 36.3 Å². The molecular formula is C20H25NO2S. The molecule has 2 N–H and O–H groups in total. The van der Waals surface area contributed by atoms with Crippen molar-refractivity contribution in [2.24, 2.45) is 0 Å². The molecule has 0 saturated carbocycles. The van der Waals surface area contributed by atoms with E-state index in [1.807, 2.05) is 48.2 Å². The fourth-order valence-corrected chi connectivity index (χ4v) is 3.44. The predicted molar refractivity (Wildman–Crippen MR) is 102 cm³/mol. The summed E-state index contributed by atoms with van der Waals surface area (Å²) in [6.07, 6.45) is 4.23. The number of ketones is 1. The van der Waals surface area contributed by atoms with E-state index in [-0.39, 0.29) is 5.78 Å². The second-order valence-corrected chi connectivity index (χ2v) is 6.92. The number of carbonyl (C=O) groups is 1. The monoisotopic (exact) mass is 343 g/mol. The van der Waals surface area contributed by atoms with Crippen molar-refractivity contribution in [2.75, 3.05) is 18.6 Å². The molecule has 0 saturated heterocycles. The van der Waals surface area contributed by atoms with E-state index < -0.39 is 0 Å². The highest BCUT2D eigenvalue weighted by atomic mass is 32.2. The van der Waals surface area contributed by atoms with Gasteiger partial charge in [-0.05, 0) is 48.4 Å². The van der Waals surface area contributed by atoms with Crippen LogP contribution in [0.4, 0.5) is 5.69 Å². The molecule has 0 amide bonds. The Bertz CT molecular complexity index is 658. The average Bonchev–Trinajstić information content (AvgIpc) is 2.60. The highest BCUT2D eigenvalue weighted by Crippen LogP contribution is 2.24. The Morgan fingerprint density at radius 1 is 1.08 bits per heavy atom. The van der Waals surface area contributed by atoms with Gasteiger partial charge < -0.3 is 10.5 Å². The van der Waals surface area contributed by atoms with Crippen LogP contribution in [0.5, 0.6) is 5.75 Å². The highest BCUT2D eigenvalue weighted by molar-refractivity contribution is 7.99. The first-order valence-electron chi connectivity index (χ1n) is 8.31. The maximum Gasteiger partial charge on any atom is 0.137 e. The fourth-order valence-electron chi connectivity index (χ4n) is 2.48. The largest absolute Gasteiger partial charge is 0.497 e. The number of carbonyl (C=O) groups excluding carboxylic acids is 1. The molecule has 0 aliphatic heterocycles. The van der Waals surface area contributed by atoms with Crippen LogP contribution in [-0.4, -0.2) is 18.6 Å². The van der Waals surface area contributed by atoms with Gasteiger partial charge in [-0.2, -0.15) is 0 Å². The Labute approximate surface area is 148 Å². The van der Waals surface area contributed by atoms with Crippen LogP contribution >= 0.6 is 11.8 Å². The van der Waals surface area contributed by atoms with Crippen LogP contribution in [0.15, 0.2) is 53.4 Å². The summed E-state index contributed by atoms with van der Waals surface area (Å²) >= 11 is 1.83. The molecule has 0 aromatic heterocycles. The van der Waals surface area contributed by atoms with Crippen molar-refractivity contribution in [2.45, 2.75) is 37.0 Å². The van der Waals surface area contributed by atoms with E-state index in [1.165, 1.54) is 4.90 Å². The van der Waals surface area contributed by atoms with Gasteiger partial charge in [0, 0.05) is 23.4 Å². The molecule has 0 atom stereocenters. The van der Waals surface area contributed by atoms with Crippen molar-refractivity contribution in [3.05, 3.63) is 54.1 Å². The molecular weight excluding hydrogens is 318 g/mol. The lowest BCUT2D eigenvalue weighted by Gasteiger charge is -2.06. The fraction of sp³-hybridized carbons (Fsp3) is 0.350. The molecule has 0 unspecified atom stereocenters. The van der Waals surface area contributed by atoms with Crippen LogP contribution in [0.25, 0.3) is 0 Å². The normalized spacial score (nSPS) is 10.5. The Morgan fingerprint density at radius 2 is 1.92 bits per heavy atom. The maximum atomic E-state index is 12.0. The molecule has 24 heavy (non-hydrogen) atoms. The van der Waals surface area contributed by atoms with Crippen molar-refractivity contribution < 1.29 is 9.53 Å². The predicted octanol–water partition coefficient (Wildman–Crippen LogP) is 4.74. The number of methoxy groups -OCH3 is 1. The smallest absolute Gasteiger partial charge is 0.137 e. The minimum atomic E-state index is 0.272. The molecule has 0 fully saturated rings. The minimum absolute atomic E-state index is 0.272. The van der Waals surface area contributed by atoms with Crippen LogP contribution < -0.4 is 10.5 Å². The molecule has 4 heteroatoms. The van der Waals surface area contributed by atoms with Crippen molar-refractivity contribution in [1.82, 2.24) is 0 Å². The third-order valence-electron chi connectivity index (χ3n) is 3.85. The van der Waals surface area contributed by atoms with Crippen LogP contribution in [0.2, 0.25) is 0 Å². The number of anilines is 1. The average molecular weight is 343 g/mol. The molecule has 0 radical (unpaired) electrons. The summed E-state index contributed by atoms with van der Waals surface area (Å²) < 4.78 is 5.22. The summed E-state index contributed by atoms with van der Waals surface area (Å²) in [4.78, 5) is 13.2. The van der Waals surface area contributed by atoms with Gasteiger partial charge in [-0.15, -0.1) is 11.8 Å². The quantitative estimate of drug-likeness (QED) is 0.384. The Kier molecular flexibility index (Phi) is 7.69. The van der Waals surface area contributed by atoms with Crippen LogP contribution in [0, 0.1) is 0 Å². The summed E-state index contributed by atoms with van der Waals surface area (Å²) in [7, 11) is 1.68. The van der Waals surface area contributed by atoms with Gasteiger partial charge in [-0.1, -0.05) is 30.7 Å². The second-order valence-electron chi connectivity index (χ2n) is 5.75. The van der Waals surface area contributed by atoms with Gasteiger partial charge in [0.15, 0.2) is 0 Å². The molecule has 2 rings (SSSR count). The summed E-state index contributed by atoms with van der Waals surface area (Å²) in [5.74, 6) is 2.23. The molecule has 0 heterocycles. The molecule has 0 aliphatic carbocycles. The first-order valence-corrected chi connectivity index (χ1v) is 9.29. The number of thioether (sulfide) groups is 1. The van der Waals surface area contributed by atoms with Gasteiger partial charge in [0.05, 0.1) is 7.11 Å². The number of nitrogens with two attached hydrogens (primary N) is 1. The number of Topliss-reactive ketones (excluding diaryl/α,β-unsaturated/α-hetero) is 1. The lowest BCUT2D eigenvalue weighted by atomic mass is 10.0. The van der Waals surface area contributed by atoms with Crippen LogP contribution in [0.1, 0.15) is 31.2 Å². The standard InChI is InChI=1S/C20H25NO2S/c1-23-18-10-7-11-19(15-18)24-13-6-2-3-9-17(22)14-16-8-4-5-12-20(16)21/h4-5,7-8,10-12,15H,2-3,6,9,13-14,21H2,1H3. The van der Waals surface area contributed by atoms with Gasteiger partial charge in [-0.3, -0.25) is 4.79 Å². The molecule has 0 aliphatic rings. The lowest BCUT2D eigenvalue weighted by molar-refractivity contribution is -0.118. The van der Waals surface area contributed by atoms with E-state index in [4.69, 9.17) is 10.5 Å². The van der Waals surface area contributed by atoms with E-state index in [2.05, 4.69) is 12.1 Å². The van der Waals surface area contributed by atoms with Gasteiger partial charge in [-0.25, -0.2) is 0 Å². The zero-order chi connectivity index (χ0) is 17.2. The zero-order valence-electron chi connectivity index (χ0n) is 14.2. The summed E-state index contributed by atoms with van der Waals surface area (Å²) in [6.45, 7) is 0. The highest BCUT2D eigenvalue weighted by Gasteiger charge is 2.06. The Morgan fingerprint density at radius 3 is 2.71 bits per heavy atom. The van der Waals surface area contributed by atoms with Gasteiger partial charge in [0.2, 0.25) is 0 Å². The SMILES string of the molecule is COc1cccc(SCCCCCC(=O)Cc2ccccc2N)c1. The molecule has 2 aromatic rings. The van der Waals surface area contributed by atoms with Gasteiger partial charge in [0.1, 0.15) is 11.5 Å². The second kappa shape index (κ2) is 10.0.